The van der Waals surface area contributed by atoms with Crippen LogP contribution in [0.2, 0.25) is 0 Å². The van der Waals surface area contributed by atoms with Gasteiger partial charge in [-0.15, -0.1) is 0 Å². The van der Waals surface area contributed by atoms with Crippen LogP contribution >= 0.6 is 15.9 Å². The summed E-state index contributed by atoms with van der Waals surface area (Å²) in [5, 5.41) is 8.19. The summed E-state index contributed by atoms with van der Waals surface area (Å²) in [6, 6.07) is 12.7. The van der Waals surface area contributed by atoms with Gasteiger partial charge in [-0.25, -0.2) is 0 Å². The molecule has 2 saturated heterocycles. The van der Waals surface area contributed by atoms with E-state index < -0.39 is 0 Å². The number of aryl methyl sites for hydroxylation is 1. The van der Waals surface area contributed by atoms with Gasteiger partial charge in [-0.3, -0.25) is 19.6 Å². The monoisotopic (exact) mass is 634 g/mol. The molecule has 1 unspecified atom stereocenters. The molecule has 8 heteroatoms. The first-order valence-corrected chi connectivity index (χ1v) is 16.6. The number of carbonyl (C=O) groups is 2. The van der Waals surface area contributed by atoms with E-state index in [1.807, 2.05) is 11.7 Å². The Balaban J connectivity index is 0.947. The molecule has 1 atom stereocenters. The van der Waals surface area contributed by atoms with E-state index in [0.29, 0.717) is 18.9 Å². The molecule has 0 radical (unpaired) electrons. The summed E-state index contributed by atoms with van der Waals surface area (Å²) in [4.78, 5) is 26.6. The molecular weight excluding hydrogens is 592 g/mol. The molecule has 7 nitrogen and oxygen atoms in total. The molecule has 1 aromatic heterocycles. The van der Waals surface area contributed by atoms with Crippen LogP contribution in [0.25, 0.3) is 10.9 Å². The van der Waals surface area contributed by atoms with Crippen molar-refractivity contribution < 1.29 is 14.3 Å². The predicted octanol–water partition coefficient (Wildman–Crippen LogP) is 7.19. The Morgan fingerprint density at radius 2 is 1.71 bits per heavy atom. The van der Waals surface area contributed by atoms with E-state index in [0.717, 1.165) is 51.7 Å². The molecule has 1 aliphatic carbocycles. The number of anilines is 1. The van der Waals surface area contributed by atoms with Gasteiger partial charge in [-0.2, -0.15) is 5.10 Å². The van der Waals surface area contributed by atoms with Crippen LogP contribution in [0.5, 0.6) is 5.75 Å². The van der Waals surface area contributed by atoms with Crippen LogP contribution in [-0.4, -0.2) is 40.8 Å². The van der Waals surface area contributed by atoms with E-state index in [9.17, 15) is 9.59 Å². The zero-order chi connectivity index (χ0) is 29.2. The second-order valence-electron chi connectivity index (χ2n) is 12.7. The first-order chi connectivity index (χ1) is 20.4. The Labute approximate surface area is 257 Å². The quantitative estimate of drug-likeness (QED) is 0.265. The molecule has 0 bridgehead atoms. The largest absolute Gasteiger partial charge is 0.490 e. The van der Waals surface area contributed by atoms with Crippen molar-refractivity contribution in [3.05, 3.63) is 52.1 Å². The van der Waals surface area contributed by atoms with Crippen LogP contribution in [0, 0.1) is 18.8 Å². The number of piperidine rings is 2. The molecule has 2 aromatic carbocycles. The minimum Gasteiger partial charge on any atom is -0.490 e. The van der Waals surface area contributed by atoms with E-state index in [-0.39, 0.29) is 17.7 Å². The number of imide groups is 1. The predicted molar refractivity (Wildman–Crippen MR) is 170 cm³/mol. The highest BCUT2D eigenvalue weighted by atomic mass is 79.9. The number of aromatic nitrogens is 2. The molecule has 6 rings (SSSR count). The second-order valence-corrected chi connectivity index (χ2v) is 13.6. The Kier molecular flexibility index (Phi) is 8.89. The van der Waals surface area contributed by atoms with E-state index in [1.165, 1.54) is 69.0 Å². The lowest BCUT2D eigenvalue weighted by molar-refractivity contribution is -0.134. The van der Waals surface area contributed by atoms with Gasteiger partial charge in [-0.1, -0.05) is 41.3 Å². The van der Waals surface area contributed by atoms with E-state index in [1.54, 1.807) is 0 Å². The summed E-state index contributed by atoms with van der Waals surface area (Å²) in [6.07, 6.45) is 12.7. The van der Waals surface area contributed by atoms with Gasteiger partial charge in [0.1, 0.15) is 5.75 Å². The summed E-state index contributed by atoms with van der Waals surface area (Å²) < 4.78 is 9.36. The third-order valence-corrected chi connectivity index (χ3v) is 10.8. The van der Waals surface area contributed by atoms with Crippen molar-refractivity contribution in [1.29, 1.82) is 0 Å². The fourth-order valence-electron chi connectivity index (χ4n) is 7.29. The standard InChI is InChI=1S/C34H43BrN4O3/c1-22-29(35)7-4-8-31(22)42-26-12-9-23(10-13-26)5-3-6-24-17-19-39(20-18-24)25-11-14-27-30(21-25)38(2)37-33(27)28-15-16-32(40)36-34(28)41/h4,7-8,11,14,21,23-24,26,28H,3,5-6,9-10,12-13,15-20H2,1-2H3,(H,36,40,41). The molecule has 3 fully saturated rings. The first kappa shape index (κ1) is 29.2. The number of ether oxygens (including phenoxy) is 1. The molecule has 224 valence electrons. The summed E-state index contributed by atoms with van der Waals surface area (Å²) in [5.41, 5.74) is 4.25. The van der Waals surface area contributed by atoms with Crippen LogP contribution in [0.3, 0.4) is 0 Å². The summed E-state index contributed by atoms with van der Waals surface area (Å²) in [7, 11) is 1.94. The van der Waals surface area contributed by atoms with Crippen LogP contribution in [-0.2, 0) is 16.6 Å². The Bertz CT molecular complexity index is 1440. The second kappa shape index (κ2) is 12.8. The fourth-order valence-corrected chi connectivity index (χ4v) is 7.64. The van der Waals surface area contributed by atoms with Crippen molar-refractivity contribution in [2.45, 2.75) is 89.6 Å². The highest BCUT2D eigenvalue weighted by Crippen LogP contribution is 2.36. The van der Waals surface area contributed by atoms with Crippen LogP contribution in [0.1, 0.15) is 87.8 Å². The molecule has 2 aliphatic heterocycles. The summed E-state index contributed by atoms with van der Waals surface area (Å²) in [5.74, 6) is 1.91. The minimum atomic E-state index is -0.363. The number of benzene rings is 2. The smallest absolute Gasteiger partial charge is 0.235 e. The van der Waals surface area contributed by atoms with Crippen molar-refractivity contribution >= 4 is 44.3 Å². The molecule has 42 heavy (non-hydrogen) atoms. The Hall–Kier alpha value is -2.87. The average Bonchev–Trinajstić information content (AvgIpc) is 3.32. The van der Waals surface area contributed by atoms with Gasteiger partial charge in [0, 0.05) is 47.7 Å². The van der Waals surface area contributed by atoms with Crippen molar-refractivity contribution in [2.24, 2.45) is 18.9 Å². The lowest BCUT2D eigenvalue weighted by Gasteiger charge is -2.34. The number of nitrogens with one attached hydrogen (secondary N) is 1. The van der Waals surface area contributed by atoms with Crippen LogP contribution in [0.4, 0.5) is 5.69 Å². The van der Waals surface area contributed by atoms with Crippen molar-refractivity contribution in [3.63, 3.8) is 0 Å². The number of amides is 2. The number of hydrogen-bond acceptors (Lipinski definition) is 5. The maximum absolute atomic E-state index is 12.5. The van der Waals surface area contributed by atoms with Gasteiger partial charge in [0.2, 0.25) is 11.8 Å². The highest BCUT2D eigenvalue weighted by molar-refractivity contribution is 9.10. The van der Waals surface area contributed by atoms with Gasteiger partial charge in [0.05, 0.1) is 23.2 Å². The highest BCUT2D eigenvalue weighted by Gasteiger charge is 2.32. The molecule has 3 aliphatic rings. The molecule has 0 spiro atoms. The van der Waals surface area contributed by atoms with E-state index in [4.69, 9.17) is 9.84 Å². The molecular formula is C34H43BrN4O3. The van der Waals surface area contributed by atoms with Gasteiger partial charge < -0.3 is 9.64 Å². The number of rotatable bonds is 8. The van der Waals surface area contributed by atoms with Crippen molar-refractivity contribution in [1.82, 2.24) is 15.1 Å². The van der Waals surface area contributed by atoms with Crippen LogP contribution < -0.4 is 15.0 Å². The summed E-state index contributed by atoms with van der Waals surface area (Å²) in [6.45, 7) is 4.30. The Morgan fingerprint density at radius 3 is 2.45 bits per heavy atom. The topological polar surface area (TPSA) is 76.5 Å². The zero-order valence-corrected chi connectivity index (χ0v) is 26.5. The molecule has 3 aromatic rings. The van der Waals surface area contributed by atoms with Gasteiger partial charge in [-0.05, 0) is 94.0 Å². The number of nitrogens with zero attached hydrogens (tertiary/aromatic N) is 3. The molecule has 1 N–H and O–H groups in total. The van der Waals surface area contributed by atoms with Gasteiger partial charge in [0.15, 0.2) is 0 Å². The molecule has 2 amide bonds. The first-order valence-electron chi connectivity index (χ1n) is 15.8. The third kappa shape index (κ3) is 6.38. The number of fused-ring (bicyclic) bond motifs is 1. The Morgan fingerprint density at radius 1 is 0.976 bits per heavy atom. The lowest BCUT2D eigenvalue weighted by atomic mass is 9.82. The summed E-state index contributed by atoms with van der Waals surface area (Å²) >= 11 is 3.62. The molecule has 3 heterocycles. The number of hydrogen-bond donors (Lipinski definition) is 1. The maximum atomic E-state index is 12.5. The van der Waals surface area contributed by atoms with E-state index >= 15 is 0 Å². The van der Waals surface area contributed by atoms with Gasteiger partial charge in [0.25, 0.3) is 0 Å². The van der Waals surface area contributed by atoms with Crippen LogP contribution in [0.15, 0.2) is 40.9 Å². The minimum absolute atomic E-state index is 0.192. The van der Waals surface area contributed by atoms with Crippen molar-refractivity contribution in [2.75, 3.05) is 18.0 Å². The number of carbonyl (C=O) groups excluding carboxylic acids is 2. The lowest BCUT2D eigenvalue weighted by Crippen LogP contribution is -2.39. The third-order valence-electron chi connectivity index (χ3n) is 9.94. The average molecular weight is 636 g/mol. The maximum Gasteiger partial charge on any atom is 0.235 e. The zero-order valence-electron chi connectivity index (χ0n) is 24.9. The van der Waals surface area contributed by atoms with Crippen molar-refractivity contribution in [3.8, 4) is 5.75 Å². The van der Waals surface area contributed by atoms with E-state index in [2.05, 4.69) is 69.5 Å². The number of halogens is 1. The normalized spacial score (nSPS) is 23.8. The SMILES string of the molecule is Cc1c(Br)cccc1OC1CCC(CCCC2CCN(c3ccc4c(C5CCC(=O)NC5=O)nn(C)c4c3)CC2)CC1. The fraction of sp³-hybridized carbons (Fsp3) is 0.559. The van der Waals surface area contributed by atoms with Gasteiger partial charge >= 0.3 is 0 Å². The molecule has 1 saturated carbocycles.